The van der Waals surface area contributed by atoms with Crippen LogP contribution in [0.15, 0.2) is 382 Å². The highest BCUT2D eigenvalue weighted by atomic mass is 28.3. The van der Waals surface area contributed by atoms with Gasteiger partial charge in [-0.1, -0.05) is 346 Å². The Morgan fingerprint density at radius 1 is 0.200 bits per heavy atom. The molecular weight excluding hydrogens is 1250 g/mol. The first-order valence-corrected chi connectivity index (χ1v) is 38.0. The predicted molar refractivity (Wildman–Crippen MR) is 419 cm³/mol. The molecule has 0 saturated heterocycles. The first-order chi connectivity index (χ1) is 49.6. The zero-order valence-electron chi connectivity index (χ0n) is 54.5. The van der Waals surface area contributed by atoms with Crippen molar-refractivity contribution < 1.29 is 0 Å². The van der Waals surface area contributed by atoms with Gasteiger partial charge in [0.2, 0.25) is 5.95 Å². The molecule has 0 radical (unpaired) electrons. The Kier molecular flexibility index (Phi) is 15.1. The van der Waals surface area contributed by atoms with Crippen LogP contribution in [0.5, 0.6) is 0 Å². The standard InChI is InChI=1S/C91H63N7Si2/c1-7-36-68(37-8-1)99(69-38-9-2-10-39-69,70-40-11-3-12-41-70)74-48-30-33-65(61-74)82-63-87(97-83-56-25-21-51-77(83)78-52-22-26-57-84(78)97)93-88(92-82)66-34-29-32-64(60-66)76-50-19-20-55-81(76)90-94-89(95-91(96-90)98-85-58-27-23-53-79(85)80-54-24-28-59-86(80)98)67-35-31-49-75(62-67)100(71-42-13-4-14-43-71,72-44-15-5-16-45-72)73-46-17-6-18-47-73/h1-63H. The molecule has 0 atom stereocenters. The number of benzene rings is 14. The minimum Gasteiger partial charge on any atom is -0.294 e. The van der Waals surface area contributed by atoms with Crippen molar-refractivity contribution in [3.63, 3.8) is 0 Å². The van der Waals surface area contributed by atoms with Gasteiger partial charge in [-0.15, -0.1) is 0 Å². The maximum absolute atomic E-state index is 5.68. The van der Waals surface area contributed by atoms with Crippen LogP contribution in [0.25, 0.3) is 112 Å². The molecule has 0 aliphatic heterocycles. The van der Waals surface area contributed by atoms with Crippen molar-refractivity contribution in [3.05, 3.63) is 382 Å². The van der Waals surface area contributed by atoms with Crippen LogP contribution in [0.1, 0.15) is 0 Å². The summed E-state index contributed by atoms with van der Waals surface area (Å²) in [4.78, 5) is 28.1. The van der Waals surface area contributed by atoms with E-state index in [1.807, 2.05) is 0 Å². The normalized spacial score (nSPS) is 11.8. The van der Waals surface area contributed by atoms with Crippen LogP contribution in [0.2, 0.25) is 0 Å². The first-order valence-electron chi connectivity index (χ1n) is 34.0. The molecule has 0 aliphatic carbocycles. The van der Waals surface area contributed by atoms with Gasteiger partial charge < -0.3 is 0 Å². The lowest BCUT2D eigenvalue weighted by Crippen LogP contribution is -2.74. The molecule has 0 spiro atoms. The van der Waals surface area contributed by atoms with Crippen LogP contribution in [0, 0.1) is 0 Å². The van der Waals surface area contributed by atoms with Gasteiger partial charge in [-0.2, -0.15) is 9.97 Å². The third-order valence-electron chi connectivity index (χ3n) is 19.9. The van der Waals surface area contributed by atoms with E-state index in [2.05, 4.69) is 391 Å². The van der Waals surface area contributed by atoms with Crippen LogP contribution < -0.4 is 41.5 Å². The summed E-state index contributed by atoms with van der Waals surface area (Å²) in [6.45, 7) is 0. The highest BCUT2D eigenvalue weighted by Crippen LogP contribution is 2.38. The number of rotatable bonds is 15. The lowest BCUT2D eigenvalue weighted by Gasteiger charge is -2.34. The summed E-state index contributed by atoms with van der Waals surface area (Å²) in [5.41, 5.74) is 10.4. The summed E-state index contributed by atoms with van der Waals surface area (Å²) in [6, 6.07) is 138. The summed E-state index contributed by atoms with van der Waals surface area (Å²) in [7, 11) is -5.91. The van der Waals surface area contributed by atoms with Crippen molar-refractivity contribution in [2.45, 2.75) is 0 Å². The Balaban J connectivity index is 0.830. The molecular formula is C91H63N7Si2. The van der Waals surface area contributed by atoms with E-state index in [9.17, 15) is 0 Å². The Hall–Kier alpha value is -12.8. The lowest BCUT2D eigenvalue weighted by atomic mass is 9.97. The number of aromatic nitrogens is 7. The van der Waals surface area contributed by atoms with Gasteiger partial charge in [-0.25, -0.2) is 15.0 Å². The van der Waals surface area contributed by atoms with Gasteiger partial charge in [0.05, 0.1) is 27.8 Å². The van der Waals surface area contributed by atoms with Crippen LogP contribution >= 0.6 is 0 Å². The molecule has 14 aromatic carbocycles. The Morgan fingerprint density at radius 3 is 0.970 bits per heavy atom. The Labute approximate surface area is 582 Å². The van der Waals surface area contributed by atoms with E-state index in [4.69, 9.17) is 24.9 Å². The van der Waals surface area contributed by atoms with Gasteiger partial charge in [0, 0.05) is 49.9 Å². The first kappa shape index (κ1) is 59.7. The SMILES string of the molecule is c1ccc([Si](c2ccccc2)(c2ccccc2)c2cccc(-c3cc(-n4c5ccccc5c5ccccc54)nc(-c4cccc(-c5ccccc5-c5nc(-c6cccc([Si](c7ccccc7)(c7ccccc7)c7ccccc7)c6)nc(-n6c7ccccc7c7ccccc76)n5)c4)n3)c2)cc1. The Morgan fingerprint density at radius 2 is 0.520 bits per heavy atom. The maximum Gasteiger partial charge on any atom is 0.238 e. The van der Waals surface area contributed by atoms with E-state index >= 15 is 0 Å². The second kappa shape index (κ2) is 25.3. The summed E-state index contributed by atoms with van der Waals surface area (Å²) in [5, 5.41) is 14.8. The second-order valence-corrected chi connectivity index (χ2v) is 33.1. The third-order valence-corrected chi connectivity index (χ3v) is 29.5. The summed E-state index contributed by atoms with van der Waals surface area (Å²) in [5.74, 6) is 2.98. The van der Waals surface area contributed by atoms with Gasteiger partial charge in [-0.05, 0) is 83.0 Å². The number of nitrogens with zero attached hydrogens (tertiary/aromatic N) is 7. The van der Waals surface area contributed by atoms with Gasteiger partial charge >= 0.3 is 0 Å². The van der Waals surface area contributed by atoms with Crippen LogP contribution in [0.4, 0.5) is 0 Å². The van der Waals surface area contributed by atoms with Gasteiger partial charge in [0.1, 0.15) is 5.82 Å². The highest BCUT2D eigenvalue weighted by Gasteiger charge is 2.43. The zero-order valence-corrected chi connectivity index (χ0v) is 56.5. The highest BCUT2D eigenvalue weighted by molar-refractivity contribution is 7.20. The fraction of sp³-hybridized carbons (Fsp3) is 0. The average Bonchev–Trinajstić information content (AvgIpc) is 0.883. The van der Waals surface area contributed by atoms with E-state index in [0.717, 1.165) is 88.5 Å². The molecule has 18 rings (SSSR count). The number of para-hydroxylation sites is 4. The van der Waals surface area contributed by atoms with E-state index in [0.29, 0.717) is 23.4 Å². The third kappa shape index (κ3) is 10.1. The second-order valence-electron chi connectivity index (χ2n) is 25.4. The van der Waals surface area contributed by atoms with Crippen LogP contribution in [-0.4, -0.2) is 50.2 Å². The van der Waals surface area contributed by atoms with E-state index in [-0.39, 0.29) is 0 Å². The van der Waals surface area contributed by atoms with Crippen LogP contribution in [0.3, 0.4) is 0 Å². The molecule has 100 heavy (non-hydrogen) atoms. The van der Waals surface area contributed by atoms with Crippen molar-refractivity contribution in [2.75, 3.05) is 0 Å². The monoisotopic (exact) mass is 1310 g/mol. The van der Waals surface area contributed by atoms with Gasteiger partial charge in [-0.3, -0.25) is 9.13 Å². The zero-order chi connectivity index (χ0) is 66.4. The molecule has 0 fully saturated rings. The summed E-state index contributed by atoms with van der Waals surface area (Å²) >= 11 is 0. The largest absolute Gasteiger partial charge is 0.294 e. The summed E-state index contributed by atoms with van der Waals surface area (Å²) in [6.07, 6.45) is 0. The molecule has 0 unspecified atom stereocenters. The fourth-order valence-corrected chi connectivity index (χ4v) is 25.1. The minimum absolute atomic E-state index is 0.520. The fourth-order valence-electron chi connectivity index (χ4n) is 15.5. The minimum atomic E-state index is -2.97. The van der Waals surface area contributed by atoms with Crippen molar-refractivity contribution >= 4 is 101 Å². The molecule has 0 N–H and O–H groups in total. The molecule has 0 aliphatic rings. The maximum atomic E-state index is 5.68. The van der Waals surface area contributed by atoms with Crippen molar-refractivity contribution in [1.82, 2.24) is 34.1 Å². The molecule has 9 heteroatoms. The van der Waals surface area contributed by atoms with Gasteiger partial charge in [0.15, 0.2) is 33.6 Å². The smallest absolute Gasteiger partial charge is 0.238 e. The predicted octanol–water partition coefficient (Wildman–Crippen LogP) is 15.9. The average molecular weight is 1310 g/mol. The number of hydrogen-bond donors (Lipinski definition) is 0. The quantitative estimate of drug-likeness (QED) is 0.0755. The van der Waals surface area contributed by atoms with E-state index < -0.39 is 16.1 Å². The molecule has 0 saturated carbocycles. The molecule has 470 valence electrons. The molecule has 18 aromatic rings. The Bertz CT molecular complexity index is 5740. The summed E-state index contributed by atoms with van der Waals surface area (Å²) < 4.78 is 4.50. The molecule has 0 amide bonds. The number of fused-ring (bicyclic) bond motifs is 6. The van der Waals surface area contributed by atoms with Crippen LogP contribution in [-0.2, 0) is 0 Å². The molecule has 7 nitrogen and oxygen atoms in total. The van der Waals surface area contributed by atoms with Crippen molar-refractivity contribution in [3.8, 4) is 68.3 Å². The topological polar surface area (TPSA) is 74.3 Å². The molecule has 4 heterocycles. The van der Waals surface area contributed by atoms with E-state index in [1.165, 1.54) is 41.5 Å². The molecule has 0 bridgehead atoms. The number of hydrogen-bond acceptors (Lipinski definition) is 5. The lowest BCUT2D eigenvalue weighted by molar-refractivity contribution is 0.954. The van der Waals surface area contributed by atoms with Crippen molar-refractivity contribution in [2.24, 2.45) is 0 Å². The van der Waals surface area contributed by atoms with Crippen molar-refractivity contribution in [1.29, 1.82) is 0 Å². The van der Waals surface area contributed by atoms with E-state index in [1.54, 1.807) is 0 Å². The van der Waals surface area contributed by atoms with Gasteiger partial charge in [0.25, 0.3) is 0 Å². The molecule has 4 aromatic heterocycles.